The van der Waals surface area contributed by atoms with Gasteiger partial charge < -0.3 is 10.6 Å². The van der Waals surface area contributed by atoms with Crippen molar-refractivity contribution in [1.82, 2.24) is 10.6 Å². The molecule has 0 spiro atoms. The molecule has 2 bridgehead atoms. The predicted molar refractivity (Wildman–Crippen MR) is 77.3 cm³/mol. The maximum absolute atomic E-state index is 12.5. The Morgan fingerprint density at radius 3 is 2.26 bits per heavy atom. The Labute approximate surface area is 126 Å². The molecule has 2 aliphatic rings. The largest absolute Gasteiger partial charge is 0.356 e. The molecule has 2 unspecified atom stereocenters. The van der Waals surface area contributed by atoms with Gasteiger partial charge in [-0.1, -0.05) is 27.7 Å². The zero-order valence-electron chi connectivity index (χ0n) is 11.3. The fourth-order valence-corrected chi connectivity index (χ4v) is 4.36. The summed E-state index contributed by atoms with van der Waals surface area (Å²) in [5.74, 6) is -0.309. The first-order chi connectivity index (χ1) is 8.71. The number of halogens is 1. The van der Waals surface area contributed by atoms with Crippen LogP contribution >= 0.6 is 22.6 Å². The third kappa shape index (κ3) is 1.26. The van der Waals surface area contributed by atoms with Crippen molar-refractivity contribution in [2.45, 2.75) is 33.4 Å². The lowest BCUT2D eigenvalue weighted by atomic mass is 9.56. The van der Waals surface area contributed by atoms with E-state index in [1.165, 1.54) is 0 Å². The van der Waals surface area contributed by atoms with Crippen molar-refractivity contribution in [3.05, 3.63) is 9.28 Å². The Kier molecular flexibility index (Phi) is 2.87. The molecular formula is C13H15IN4O. The lowest BCUT2D eigenvalue weighted by molar-refractivity contribution is -0.125. The van der Waals surface area contributed by atoms with Gasteiger partial charge in [0.25, 0.3) is 0 Å². The topological polar surface area (TPSA) is 88.7 Å². The number of nitrogens with zero attached hydrogens (tertiary/aromatic N) is 2. The maximum Gasteiger partial charge on any atom is 0.248 e. The molecule has 2 rings (SSSR count). The summed E-state index contributed by atoms with van der Waals surface area (Å²) in [7, 11) is 0. The molecule has 6 heteroatoms. The Bertz CT molecular complexity index is 580. The van der Waals surface area contributed by atoms with E-state index < -0.39 is 16.5 Å². The van der Waals surface area contributed by atoms with Gasteiger partial charge in [0.2, 0.25) is 5.91 Å². The second-order valence-corrected chi connectivity index (χ2v) is 6.91. The van der Waals surface area contributed by atoms with Crippen LogP contribution in [0, 0.1) is 39.4 Å². The normalized spacial score (nSPS) is 35.5. The Morgan fingerprint density at radius 2 is 1.84 bits per heavy atom. The lowest BCUT2D eigenvalue weighted by Crippen LogP contribution is -2.67. The van der Waals surface area contributed by atoms with E-state index in [2.05, 4.69) is 16.7 Å². The van der Waals surface area contributed by atoms with Gasteiger partial charge in [-0.3, -0.25) is 4.79 Å². The number of carbonyl (C=O) groups is 1. The summed E-state index contributed by atoms with van der Waals surface area (Å²) in [6.45, 7) is 7.70. The summed E-state index contributed by atoms with van der Waals surface area (Å²) in [6.07, 6.45) is 0. The number of rotatable bonds is 1. The van der Waals surface area contributed by atoms with Crippen LogP contribution in [0.25, 0.3) is 0 Å². The highest BCUT2D eigenvalue weighted by atomic mass is 127. The molecule has 0 aromatic rings. The van der Waals surface area contributed by atoms with E-state index in [0.29, 0.717) is 3.70 Å². The van der Waals surface area contributed by atoms with Crippen LogP contribution in [0.15, 0.2) is 9.28 Å². The first-order valence-corrected chi connectivity index (χ1v) is 7.11. The Balaban J connectivity index is 2.88. The van der Waals surface area contributed by atoms with Gasteiger partial charge in [-0.05, 0) is 28.5 Å². The highest BCUT2D eigenvalue weighted by Gasteiger charge is 2.74. The van der Waals surface area contributed by atoms with Crippen LogP contribution in [0.1, 0.15) is 27.7 Å². The van der Waals surface area contributed by atoms with Gasteiger partial charge in [0, 0.05) is 5.41 Å². The first kappa shape index (κ1) is 14.1. The van der Waals surface area contributed by atoms with Crippen LogP contribution in [0.3, 0.4) is 0 Å². The van der Waals surface area contributed by atoms with Crippen molar-refractivity contribution in [2.75, 3.05) is 0 Å². The van der Waals surface area contributed by atoms with E-state index >= 15 is 0 Å². The van der Waals surface area contributed by atoms with Gasteiger partial charge in [-0.25, -0.2) is 0 Å². The molecule has 0 radical (unpaired) electrons. The van der Waals surface area contributed by atoms with E-state index in [-0.39, 0.29) is 17.4 Å². The monoisotopic (exact) mass is 370 g/mol. The van der Waals surface area contributed by atoms with Crippen molar-refractivity contribution in [3.8, 4) is 12.1 Å². The highest BCUT2D eigenvalue weighted by Crippen LogP contribution is 2.60. The smallest absolute Gasteiger partial charge is 0.248 e. The highest BCUT2D eigenvalue weighted by molar-refractivity contribution is 14.1. The number of nitrogens with one attached hydrogen (secondary N) is 2. The number of hydrogen-bond donors (Lipinski definition) is 2. The molecule has 2 heterocycles. The predicted octanol–water partition coefficient (Wildman–Crippen LogP) is 1.78. The molecule has 2 atom stereocenters. The second kappa shape index (κ2) is 3.86. The summed E-state index contributed by atoms with van der Waals surface area (Å²) in [5.41, 5.74) is -2.64. The summed E-state index contributed by atoms with van der Waals surface area (Å²) in [5, 5.41) is 25.2. The van der Waals surface area contributed by atoms with E-state index in [4.69, 9.17) is 0 Å². The maximum atomic E-state index is 12.5. The third-order valence-corrected chi connectivity index (χ3v) is 5.43. The SMILES string of the molecule is CC(C)C12NC(=O)C(C#N)(C(C#N)=C(I)N1)C2(C)C. The molecule has 0 aliphatic carbocycles. The zero-order valence-corrected chi connectivity index (χ0v) is 13.4. The molecular weight excluding hydrogens is 355 g/mol. The van der Waals surface area contributed by atoms with E-state index in [1.807, 2.05) is 56.4 Å². The van der Waals surface area contributed by atoms with Crippen molar-refractivity contribution in [3.63, 3.8) is 0 Å². The number of hydrogen-bond acceptors (Lipinski definition) is 4. The molecule has 0 saturated carbocycles. The first-order valence-electron chi connectivity index (χ1n) is 6.03. The number of carbonyl (C=O) groups excluding carboxylic acids is 1. The average Bonchev–Trinajstić information content (AvgIpc) is 2.43. The van der Waals surface area contributed by atoms with E-state index in [9.17, 15) is 15.3 Å². The van der Waals surface area contributed by atoms with Gasteiger partial charge in [0.1, 0.15) is 5.66 Å². The molecule has 1 amide bonds. The minimum Gasteiger partial charge on any atom is -0.356 e. The number of amides is 1. The molecule has 2 N–H and O–H groups in total. The summed E-state index contributed by atoms with van der Waals surface area (Å²) in [4.78, 5) is 12.5. The van der Waals surface area contributed by atoms with Gasteiger partial charge in [-0.2, -0.15) is 10.5 Å². The van der Waals surface area contributed by atoms with Gasteiger partial charge in [0.05, 0.1) is 21.4 Å². The van der Waals surface area contributed by atoms with Crippen molar-refractivity contribution in [1.29, 1.82) is 10.5 Å². The lowest BCUT2D eigenvalue weighted by Gasteiger charge is -2.51. The molecule has 0 aromatic carbocycles. The Hall–Kier alpha value is -1.28. The minimum absolute atomic E-state index is 0.0756. The minimum atomic E-state index is -1.42. The molecule has 1 fully saturated rings. The number of fused-ring (bicyclic) bond motifs is 2. The van der Waals surface area contributed by atoms with Crippen LogP contribution < -0.4 is 10.6 Å². The standard InChI is InChI=1S/C13H15IN4O/c1-7(2)13-11(3,4)12(6-16,10(19)18-13)8(5-15)9(14)17-13/h7,17H,1-4H3,(H,18,19). The van der Waals surface area contributed by atoms with E-state index in [0.717, 1.165) is 0 Å². The van der Waals surface area contributed by atoms with Crippen LogP contribution in [0.4, 0.5) is 0 Å². The van der Waals surface area contributed by atoms with Crippen LogP contribution in [0.2, 0.25) is 0 Å². The molecule has 5 nitrogen and oxygen atoms in total. The number of nitriles is 2. The molecule has 2 aliphatic heterocycles. The van der Waals surface area contributed by atoms with Crippen LogP contribution in [-0.2, 0) is 4.79 Å². The van der Waals surface area contributed by atoms with Gasteiger partial charge in [0.15, 0.2) is 5.41 Å². The fraction of sp³-hybridized carbons (Fsp3) is 0.615. The van der Waals surface area contributed by atoms with Crippen LogP contribution in [0.5, 0.6) is 0 Å². The third-order valence-electron chi connectivity index (χ3n) is 4.62. The summed E-state index contributed by atoms with van der Waals surface area (Å²) < 4.78 is 0.577. The van der Waals surface area contributed by atoms with Crippen molar-refractivity contribution < 1.29 is 4.79 Å². The second-order valence-electron chi connectivity index (χ2n) is 5.83. The molecule has 1 saturated heterocycles. The van der Waals surface area contributed by atoms with Crippen molar-refractivity contribution in [2.24, 2.45) is 16.7 Å². The van der Waals surface area contributed by atoms with Gasteiger partial charge >= 0.3 is 0 Å². The Morgan fingerprint density at radius 1 is 1.26 bits per heavy atom. The molecule has 100 valence electrons. The zero-order chi connectivity index (χ0) is 14.6. The average molecular weight is 370 g/mol. The quantitative estimate of drug-likeness (QED) is 0.544. The van der Waals surface area contributed by atoms with Crippen LogP contribution in [-0.4, -0.2) is 11.6 Å². The van der Waals surface area contributed by atoms with Gasteiger partial charge in [-0.15, -0.1) is 0 Å². The fourth-order valence-electron chi connectivity index (χ4n) is 3.41. The summed E-state index contributed by atoms with van der Waals surface area (Å²) in [6, 6.07) is 4.16. The van der Waals surface area contributed by atoms with E-state index in [1.54, 1.807) is 0 Å². The van der Waals surface area contributed by atoms with Crippen molar-refractivity contribution >= 4 is 28.5 Å². The molecule has 19 heavy (non-hydrogen) atoms. The molecule has 0 aromatic heterocycles. The summed E-state index contributed by atoms with van der Waals surface area (Å²) >= 11 is 2.00.